The lowest BCUT2D eigenvalue weighted by Gasteiger charge is -2.33. The molecule has 0 aliphatic carbocycles. The number of hydrogen-bond acceptors (Lipinski definition) is 4. The first-order valence-corrected chi connectivity index (χ1v) is 7.92. The number of nitrogens with zero attached hydrogens (tertiary/aromatic N) is 3. The predicted octanol–water partition coefficient (Wildman–Crippen LogP) is 2.15. The van der Waals surface area contributed by atoms with Gasteiger partial charge in [-0.1, -0.05) is 0 Å². The Balaban J connectivity index is 1.77. The Morgan fingerprint density at radius 2 is 2.05 bits per heavy atom. The molecular formula is C14H21N3OS. The van der Waals surface area contributed by atoms with Gasteiger partial charge in [0.25, 0.3) is 5.91 Å². The monoisotopic (exact) mass is 279 g/mol. The van der Waals surface area contributed by atoms with E-state index in [0.717, 1.165) is 29.3 Å². The Kier molecular flexibility index (Phi) is 3.58. The van der Waals surface area contributed by atoms with Gasteiger partial charge in [0.15, 0.2) is 0 Å². The first kappa shape index (κ1) is 13.1. The topological polar surface area (TPSA) is 36.4 Å². The van der Waals surface area contributed by atoms with Gasteiger partial charge in [0.2, 0.25) is 0 Å². The molecule has 1 aromatic heterocycles. The molecule has 2 atom stereocenters. The molecule has 3 rings (SSSR count). The molecule has 104 valence electrons. The second-order valence-corrected chi connectivity index (χ2v) is 6.88. The van der Waals surface area contributed by atoms with E-state index in [0.29, 0.717) is 12.1 Å². The van der Waals surface area contributed by atoms with Crippen LogP contribution in [0, 0.1) is 6.92 Å². The van der Waals surface area contributed by atoms with Gasteiger partial charge in [0, 0.05) is 18.6 Å². The molecule has 1 aromatic rings. The zero-order valence-corrected chi connectivity index (χ0v) is 12.4. The molecule has 0 bridgehead atoms. The zero-order valence-electron chi connectivity index (χ0n) is 11.6. The fourth-order valence-corrected chi connectivity index (χ4v) is 4.20. The molecular weight excluding hydrogens is 258 g/mol. The van der Waals surface area contributed by atoms with Gasteiger partial charge in [-0.25, -0.2) is 4.98 Å². The number of carbonyl (C=O) groups is 1. The molecule has 0 N–H and O–H groups in total. The Labute approximate surface area is 118 Å². The lowest BCUT2D eigenvalue weighted by Crippen LogP contribution is -2.46. The molecule has 0 saturated carbocycles. The fraction of sp³-hybridized carbons (Fsp3) is 0.714. The van der Waals surface area contributed by atoms with Gasteiger partial charge in [-0.3, -0.25) is 4.79 Å². The third kappa shape index (κ3) is 2.41. The number of amides is 1. The van der Waals surface area contributed by atoms with Gasteiger partial charge in [-0.2, -0.15) is 0 Å². The Hall–Kier alpha value is -0.940. The highest BCUT2D eigenvalue weighted by atomic mass is 32.1. The molecule has 2 aliphatic rings. The van der Waals surface area contributed by atoms with E-state index in [-0.39, 0.29) is 5.91 Å². The fourth-order valence-electron chi connectivity index (χ4n) is 3.47. The maximum atomic E-state index is 12.6. The highest BCUT2D eigenvalue weighted by Crippen LogP contribution is 2.30. The number of likely N-dealkylation sites (tertiary alicyclic amines) is 2. The summed E-state index contributed by atoms with van der Waals surface area (Å²) in [5.74, 6) is 0.188. The zero-order chi connectivity index (χ0) is 13.4. The van der Waals surface area contributed by atoms with Crippen LogP contribution in [0.2, 0.25) is 0 Å². The van der Waals surface area contributed by atoms with Crippen molar-refractivity contribution < 1.29 is 4.79 Å². The number of thiazole rings is 1. The van der Waals surface area contributed by atoms with Gasteiger partial charge in [0.1, 0.15) is 4.88 Å². The quantitative estimate of drug-likeness (QED) is 0.832. The summed E-state index contributed by atoms with van der Waals surface area (Å²) in [6, 6.07) is 0.961. The molecule has 1 amide bonds. The van der Waals surface area contributed by atoms with Crippen LogP contribution in [0.25, 0.3) is 0 Å². The van der Waals surface area contributed by atoms with Crippen LogP contribution >= 0.6 is 11.3 Å². The third-order valence-corrected chi connectivity index (χ3v) is 5.31. The Morgan fingerprint density at radius 1 is 1.32 bits per heavy atom. The van der Waals surface area contributed by atoms with Crippen molar-refractivity contribution in [2.45, 2.75) is 44.7 Å². The number of likely N-dealkylation sites (N-methyl/N-ethyl adjacent to an activating group) is 1. The van der Waals surface area contributed by atoms with Crippen molar-refractivity contribution in [3.05, 3.63) is 16.1 Å². The van der Waals surface area contributed by atoms with E-state index < -0.39 is 0 Å². The molecule has 5 heteroatoms. The SMILES string of the molecule is Cc1ncc(C(=O)N2CCC[C@H]2[C@@H]2CCCN2C)s1. The van der Waals surface area contributed by atoms with Crippen LogP contribution in [-0.4, -0.2) is 52.9 Å². The summed E-state index contributed by atoms with van der Waals surface area (Å²) in [5.41, 5.74) is 0. The molecule has 2 saturated heterocycles. The second-order valence-electron chi connectivity index (χ2n) is 5.64. The third-order valence-electron chi connectivity index (χ3n) is 4.41. The average molecular weight is 279 g/mol. The largest absolute Gasteiger partial charge is 0.333 e. The minimum Gasteiger partial charge on any atom is -0.333 e. The van der Waals surface area contributed by atoms with E-state index in [1.807, 2.05) is 6.92 Å². The van der Waals surface area contributed by atoms with Crippen LogP contribution in [0.5, 0.6) is 0 Å². The summed E-state index contributed by atoms with van der Waals surface area (Å²) >= 11 is 1.51. The lowest BCUT2D eigenvalue weighted by molar-refractivity contribution is 0.0669. The van der Waals surface area contributed by atoms with E-state index >= 15 is 0 Å². The predicted molar refractivity (Wildman–Crippen MR) is 76.6 cm³/mol. The standard InChI is InChI=1S/C14H21N3OS/c1-10-15-9-13(19-10)14(18)17-8-4-6-12(17)11-5-3-7-16(11)2/h9,11-12H,3-8H2,1-2H3/t11-,12-/m0/s1. The molecule has 2 fully saturated rings. The number of rotatable bonds is 2. The normalized spacial score (nSPS) is 28.2. The van der Waals surface area contributed by atoms with E-state index in [1.165, 1.54) is 30.7 Å². The summed E-state index contributed by atoms with van der Waals surface area (Å²) in [5, 5.41) is 0.970. The molecule has 0 unspecified atom stereocenters. The van der Waals surface area contributed by atoms with Crippen molar-refractivity contribution in [1.82, 2.24) is 14.8 Å². The first-order chi connectivity index (χ1) is 9.16. The highest BCUT2D eigenvalue weighted by molar-refractivity contribution is 7.13. The van der Waals surface area contributed by atoms with Gasteiger partial charge in [0.05, 0.1) is 11.2 Å². The summed E-state index contributed by atoms with van der Waals surface area (Å²) in [7, 11) is 2.19. The molecule has 19 heavy (non-hydrogen) atoms. The van der Waals surface area contributed by atoms with Crippen LogP contribution in [0.1, 0.15) is 40.4 Å². The number of aryl methyl sites for hydroxylation is 1. The van der Waals surface area contributed by atoms with Crippen LogP contribution in [0.3, 0.4) is 0 Å². The summed E-state index contributed by atoms with van der Waals surface area (Å²) in [6.45, 7) is 4.03. The molecule has 0 radical (unpaired) electrons. The smallest absolute Gasteiger partial charge is 0.265 e. The number of aromatic nitrogens is 1. The molecule has 2 aliphatic heterocycles. The van der Waals surface area contributed by atoms with E-state index in [1.54, 1.807) is 6.20 Å². The molecule has 3 heterocycles. The highest BCUT2D eigenvalue weighted by Gasteiger charge is 2.38. The van der Waals surface area contributed by atoms with Crippen LogP contribution < -0.4 is 0 Å². The van der Waals surface area contributed by atoms with Gasteiger partial charge >= 0.3 is 0 Å². The van der Waals surface area contributed by atoms with Gasteiger partial charge in [-0.15, -0.1) is 11.3 Å². The Morgan fingerprint density at radius 3 is 2.68 bits per heavy atom. The van der Waals surface area contributed by atoms with Crippen molar-refractivity contribution >= 4 is 17.2 Å². The first-order valence-electron chi connectivity index (χ1n) is 7.10. The van der Waals surface area contributed by atoms with Crippen molar-refractivity contribution in [2.24, 2.45) is 0 Å². The summed E-state index contributed by atoms with van der Waals surface area (Å²) in [6.07, 6.45) is 6.51. The minimum absolute atomic E-state index is 0.188. The maximum absolute atomic E-state index is 12.6. The molecule has 4 nitrogen and oxygen atoms in total. The van der Waals surface area contributed by atoms with Crippen molar-refractivity contribution in [1.29, 1.82) is 0 Å². The van der Waals surface area contributed by atoms with E-state index in [4.69, 9.17) is 0 Å². The second kappa shape index (κ2) is 5.21. The number of hydrogen-bond donors (Lipinski definition) is 0. The van der Waals surface area contributed by atoms with Crippen LogP contribution in [0.15, 0.2) is 6.20 Å². The van der Waals surface area contributed by atoms with Crippen molar-refractivity contribution in [3.63, 3.8) is 0 Å². The Bertz CT molecular complexity index is 473. The molecule has 0 spiro atoms. The van der Waals surface area contributed by atoms with Gasteiger partial charge < -0.3 is 9.80 Å². The minimum atomic E-state index is 0.188. The van der Waals surface area contributed by atoms with E-state index in [2.05, 4.69) is 21.8 Å². The van der Waals surface area contributed by atoms with E-state index in [9.17, 15) is 4.79 Å². The van der Waals surface area contributed by atoms with Crippen molar-refractivity contribution in [2.75, 3.05) is 20.1 Å². The van der Waals surface area contributed by atoms with Crippen LogP contribution in [0.4, 0.5) is 0 Å². The number of carbonyl (C=O) groups excluding carboxylic acids is 1. The maximum Gasteiger partial charge on any atom is 0.265 e. The average Bonchev–Trinajstić information content (AvgIpc) is 3.07. The van der Waals surface area contributed by atoms with Crippen molar-refractivity contribution in [3.8, 4) is 0 Å². The summed E-state index contributed by atoms with van der Waals surface area (Å²) < 4.78 is 0. The molecule has 0 aromatic carbocycles. The van der Waals surface area contributed by atoms with Crippen LogP contribution in [-0.2, 0) is 0 Å². The lowest BCUT2D eigenvalue weighted by atomic mass is 10.0. The summed E-state index contributed by atoms with van der Waals surface area (Å²) in [4.78, 5) is 22.1. The van der Waals surface area contributed by atoms with Gasteiger partial charge in [-0.05, 0) is 46.2 Å².